The summed E-state index contributed by atoms with van der Waals surface area (Å²) < 4.78 is 105. The highest BCUT2D eigenvalue weighted by atomic mass is 32.2. The number of esters is 1. The van der Waals surface area contributed by atoms with Crippen molar-refractivity contribution in [2.24, 2.45) is 10.2 Å². The number of benzene rings is 1. The second-order valence-electron chi connectivity index (χ2n) is 7.36. The zero-order valence-electron chi connectivity index (χ0n) is 18.4. The fourth-order valence-corrected chi connectivity index (χ4v) is 4.32. The molecular formula is C18H17F7N6O3S2. The van der Waals surface area contributed by atoms with E-state index in [1.807, 2.05) is 18.9 Å². The van der Waals surface area contributed by atoms with Crippen LogP contribution in [-0.4, -0.2) is 51.5 Å². The summed E-state index contributed by atoms with van der Waals surface area (Å²) in [5.41, 5.74) is 1.40. The number of ether oxygens (including phenoxy) is 1. The van der Waals surface area contributed by atoms with Gasteiger partial charge < -0.3 is 9.64 Å². The van der Waals surface area contributed by atoms with Gasteiger partial charge in [-0.3, -0.25) is 4.72 Å². The van der Waals surface area contributed by atoms with Crippen molar-refractivity contribution in [2.45, 2.75) is 50.3 Å². The summed E-state index contributed by atoms with van der Waals surface area (Å²) in [6, 6.07) is 3.20. The Morgan fingerprint density at radius 1 is 1.28 bits per heavy atom. The number of nitrogens with one attached hydrogen (secondary N) is 1. The molecule has 2 unspecified atom stereocenters. The van der Waals surface area contributed by atoms with Gasteiger partial charge in [0.05, 0.1) is 5.69 Å². The Balaban J connectivity index is 1.88. The van der Waals surface area contributed by atoms with Crippen LogP contribution in [0.2, 0.25) is 0 Å². The molecule has 0 amide bonds. The summed E-state index contributed by atoms with van der Waals surface area (Å²) in [5, 5.41) is 12.6. The maximum Gasteiger partial charge on any atom is 0.501 e. The average molecular weight is 562 g/mol. The van der Waals surface area contributed by atoms with Crippen LogP contribution in [0.5, 0.6) is 0 Å². The number of hydrogen-bond donors (Lipinski definition) is 1. The Hall–Kier alpha value is -2.89. The molecule has 2 heterocycles. The van der Waals surface area contributed by atoms with E-state index >= 15 is 0 Å². The van der Waals surface area contributed by atoms with Gasteiger partial charge in [0.2, 0.25) is 5.01 Å². The molecule has 0 saturated carbocycles. The number of nitrogens with zero attached hydrogens (tertiary/aromatic N) is 5. The number of hydrogen-bond acceptors (Lipinski definition) is 9. The number of alkyl halides is 7. The fraction of sp³-hybridized carbons (Fsp3) is 0.500. The highest BCUT2D eigenvalue weighted by Gasteiger charge is 2.62. The minimum atomic E-state index is -6.13. The first-order chi connectivity index (χ1) is 16.7. The van der Waals surface area contributed by atoms with Gasteiger partial charge >= 0.3 is 24.0 Å². The number of aryl methyl sites for hydroxylation is 1. The molecule has 1 aromatic carbocycles. The zero-order chi connectivity index (χ0) is 26.8. The molecule has 36 heavy (non-hydrogen) atoms. The Labute approximate surface area is 205 Å². The van der Waals surface area contributed by atoms with Crippen LogP contribution in [0.25, 0.3) is 0 Å². The van der Waals surface area contributed by atoms with Crippen molar-refractivity contribution in [1.29, 1.82) is 0 Å². The van der Waals surface area contributed by atoms with Crippen molar-refractivity contribution in [3.63, 3.8) is 0 Å². The summed E-state index contributed by atoms with van der Waals surface area (Å²) in [4.78, 5) is 13.5. The predicted molar refractivity (Wildman–Crippen MR) is 116 cm³/mol. The van der Waals surface area contributed by atoms with E-state index in [1.165, 1.54) is 12.1 Å². The van der Waals surface area contributed by atoms with Gasteiger partial charge in [-0.15, -0.1) is 20.4 Å². The van der Waals surface area contributed by atoms with E-state index in [0.717, 1.165) is 18.4 Å². The van der Waals surface area contributed by atoms with Gasteiger partial charge in [-0.1, -0.05) is 18.3 Å². The lowest BCUT2D eigenvalue weighted by Crippen LogP contribution is -2.40. The first-order valence-electron chi connectivity index (χ1n) is 10.0. The number of halogens is 7. The Bertz CT molecular complexity index is 1170. The van der Waals surface area contributed by atoms with Crippen LogP contribution in [-0.2, 0) is 22.1 Å². The summed E-state index contributed by atoms with van der Waals surface area (Å²) in [7, 11) is -0.951. The van der Waals surface area contributed by atoms with Crippen LogP contribution in [0.15, 0.2) is 22.4 Å². The van der Waals surface area contributed by atoms with Gasteiger partial charge in [-0.25, -0.2) is 9.00 Å². The molecule has 1 N–H and O–H groups in total. The highest BCUT2D eigenvalue weighted by molar-refractivity contribution is 7.86. The van der Waals surface area contributed by atoms with Gasteiger partial charge in [0.25, 0.3) is 5.13 Å². The summed E-state index contributed by atoms with van der Waals surface area (Å²) >= 11 is 0.202. The van der Waals surface area contributed by atoms with E-state index in [9.17, 15) is 39.7 Å². The van der Waals surface area contributed by atoms with E-state index < -0.39 is 45.1 Å². The van der Waals surface area contributed by atoms with E-state index in [2.05, 4.69) is 29.9 Å². The molecule has 1 aliphatic heterocycles. The smallest absolute Gasteiger partial charge is 0.388 e. The summed E-state index contributed by atoms with van der Waals surface area (Å²) in [5.74, 6) is -5.30. The number of carbonyl (C=O) groups is 1. The minimum Gasteiger partial charge on any atom is -0.388 e. The third-order valence-corrected chi connectivity index (χ3v) is 6.63. The number of aromatic nitrogens is 2. The van der Waals surface area contributed by atoms with Crippen LogP contribution in [0.1, 0.15) is 35.1 Å². The van der Waals surface area contributed by atoms with Gasteiger partial charge in [0.1, 0.15) is 5.69 Å². The van der Waals surface area contributed by atoms with Gasteiger partial charge in [0.15, 0.2) is 11.0 Å². The number of rotatable bonds is 8. The number of anilines is 2. The van der Waals surface area contributed by atoms with Crippen LogP contribution < -0.4 is 9.62 Å². The van der Waals surface area contributed by atoms with Crippen LogP contribution in [0.3, 0.4) is 0 Å². The molecular weight excluding hydrogens is 545 g/mol. The summed E-state index contributed by atoms with van der Waals surface area (Å²) in [6.45, 7) is 2.00. The first-order valence-corrected chi connectivity index (χ1v) is 12.0. The maximum atomic E-state index is 12.9. The van der Waals surface area contributed by atoms with E-state index in [1.54, 1.807) is 0 Å². The normalized spacial score (nSPS) is 17.4. The average Bonchev–Trinajstić information content (AvgIpc) is 3.26. The number of fused-ring (bicyclic) bond motifs is 1. The topological polar surface area (TPSA) is 109 Å². The maximum absolute atomic E-state index is 12.9. The summed E-state index contributed by atoms with van der Waals surface area (Å²) in [6.07, 6.45) is -9.61. The van der Waals surface area contributed by atoms with Gasteiger partial charge in [-0.2, -0.15) is 30.7 Å². The molecule has 0 radical (unpaired) electrons. The van der Waals surface area contributed by atoms with E-state index in [4.69, 9.17) is 0 Å². The predicted octanol–water partition coefficient (Wildman–Crippen LogP) is 5.72. The molecule has 9 nitrogen and oxygen atoms in total. The van der Waals surface area contributed by atoms with E-state index in [-0.39, 0.29) is 28.8 Å². The monoisotopic (exact) mass is 562 g/mol. The molecule has 2 atom stereocenters. The third-order valence-electron chi connectivity index (χ3n) is 5.10. The Morgan fingerprint density at radius 3 is 2.58 bits per heavy atom. The van der Waals surface area contributed by atoms with Crippen LogP contribution in [0, 0.1) is 0 Å². The molecule has 1 aromatic heterocycles. The molecule has 0 spiro atoms. The minimum absolute atomic E-state index is 0.0333. The molecule has 3 rings (SSSR count). The number of carbonyl (C=O) groups excluding carboxylic acids is 1. The second kappa shape index (κ2) is 10.6. The van der Waals surface area contributed by atoms with Crippen LogP contribution >= 0.6 is 11.3 Å². The molecule has 0 fully saturated rings. The lowest BCUT2D eigenvalue weighted by Gasteiger charge is -2.36. The van der Waals surface area contributed by atoms with E-state index in [0.29, 0.717) is 12.1 Å². The number of azo groups is 1. The molecule has 1 aliphatic rings. The molecule has 0 bridgehead atoms. The second-order valence-corrected chi connectivity index (χ2v) is 9.47. The van der Waals surface area contributed by atoms with Gasteiger partial charge in [0, 0.05) is 18.8 Å². The fourth-order valence-electron chi connectivity index (χ4n) is 3.31. The van der Waals surface area contributed by atoms with Crippen LogP contribution in [0.4, 0.5) is 52.9 Å². The molecule has 0 aliphatic carbocycles. The third kappa shape index (κ3) is 6.08. The van der Waals surface area contributed by atoms with Gasteiger partial charge in [-0.05, 0) is 37.0 Å². The van der Waals surface area contributed by atoms with Crippen molar-refractivity contribution in [1.82, 2.24) is 10.2 Å². The molecule has 18 heteroatoms. The van der Waals surface area contributed by atoms with Crippen molar-refractivity contribution >= 4 is 50.5 Å². The lowest BCUT2D eigenvalue weighted by molar-refractivity contribution is -0.370. The van der Waals surface area contributed by atoms with Crippen molar-refractivity contribution in [3.05, 3.63) is 22.7 Å². The molecule has 198 valence electrons. The quantitative estimate of drug-likeness (QED) is 0.250. The largest absolute Gasteiger partial charge is 0.501 e. The SMILES string of the molecule is CCC1CCc2cc(N=Nc3nnc(C(=O)OC(F)(F)C(F)(F)F)s3)c(NS(=O)C(F)F)cc2N1C. The zero-order valence-corrected chi connectivity index (χ0v) is 20.0. The standard InChI is InChI=1S/C18H17F7N6O3S2/c1-3-9-5-4-8-6-10(11(7-12(8)31(9)2)30-36(33)15(19)20)26-28-16-29-27-13(35-16)14(32)34-18(24,25)17(21,22)23/h6-7,9,15,30H,3-5H2,1-2H3. The van der Waals surface area contributed by atoms with Crippen molar-refractivity contribution in [3.8, 4) is 0 Å². The van der Waals surface area contributed by atoms with Crippen molar-refractivity contribution in [2.75, 3.05) is 16.7 Å². The molecule has 2 aromatic rings. The van der Waals surface area contributed by atoms with Crippen molar-refractivity contribution < 1.29 is 44.5 Å². The lowest BCUT2D eigenvalue weighted by atomic mass is 9.94. The Kier molecular flexibility index (Phi) is 8.17. The first kappa shape index (κ1) is 27.7. The highest BCUT2D eigenvalue weighted by Crippen LogP contribution is 2.40. The molecule has 0 saturated heterocycles. The Morgan fingerprint density at radius 2 is 1.97 bits per heavy atom.